The molecule has 4 nitrogen and oxygen atoms in total. The molecule has 0 aliphatic carbocycles. The van der Waals surface area contributed by atoms with Crippen molar-refractivity contribution >= 4 is 31.7 Å². The van der Waals surface area contributed by atoms with Gasteiger partial charge < -0.3 is 0 Å². The number of Topliss-reactive ketones (excluding diaryl/α,β-unsaturated/α-hetero) is 1. The summed E-state index contributed by atoms with van der Waals surface area (Å²) in [7, 11) is -3.79. The Balaban J connectivity index is 3.52. The Hall–Kier alpha value is -0.720. The Morgan fingerprint density at radius 1 is 1.38 bits per heavy atom. The van der Waals surface area contributed by atoms with Crippen molar-refractivity contribution < 1.29 is 13.2 Å². The number of hydrogen-bond acceptors (Lipinski definition) is 3. The third-order valence-corrected chi connectivity index (χ3v) is 3.92. The fourth-order valence-corrected chi connectivity index (χ4v) is 2.56. The van der Waals surface area contributed by atoms with E-state index in [9.17, 15) is 13.2 Å². The largest absolute Gasteiger partial charge is 0.293 e. The highest BCUT2D eigenvalue weighted by atomic mass is 79.9. The minimum Gasteiger partial charge on any atom is -0.293 e. The van der Waals surface area contributed by atoms with Gasteiger partial charge in [0.25, 0.3) is 0 Å². The zero-order chi connectivity index (χ0) is 12.5. The Morgan fingerprint density at radius 3 is 2.38 bits per heavy atom. The molecule has 1 aromatic carbocycles. The van der Waals surface area contributed by atoms with Gasteiger partial charge in [0.05, 0.1) is 10.2 Å². The first-order chi connectivity index (χ1) is 7.27. The van der Waals surface area contributed by atoms with Crippen LogP contribution < -0.4 is 5.14 Å². The van der Waals surface area contributed by atoms with E-state index in [4.69, 9.17) is 5.14 Å². The number of hydrogen-bond donors (Lipinski definition) is 1. The summed E-state index contributed by atoms with van der Waals surface area (Å²) < 4.78 is 22.6. The third-order valence-electron chi connectivity index (χ3n) is 2.37. The molecule has 0 unspecified atom stereocenters. The lowest BCUT2D eigenvalue weighted by Gasteiger charge is -2.09. The number of benzene rings is 1. The summed E-state index contributed by atoms with van der Waals surface area (Å²) in [6.45, 7) is 3.41. The topological polar surface area (TPSA) is 77.2 Å². The zero-order valence-corrected chi connectivity index (χ0v) is 11.4. The molecular weight excluding hydrogens is 294 g/mol. The van der Waals surface area contributed by atoms with Crippen molar-refractivity contribution in [1.82, 2.24) is 0 Å². The van der Waals surface area contributed by atoms with Crippen LogP contribution in [-0.2, 0) is 10.0 Å². The predicted octanol–water partition coefficient (Wildman–Crippen LogP) is 1.53. The first kappa shape index (κ1) is 13.3. The van der Waals surface area contributed by atoms with Gasteiger partial charge in [0.15, 0.2) is 5.78 Å². The number of nitrogens with two attached hydrogens (primary N) is 1. The average Bonchev–Trinajstić information content (AvgIpc) is 2.18. The van der Waals surface area contributed by atoms with E-state index in [0.29, 0.717) is 11.1 Å². The molecule has 0 spiro atoms. The number of carbonyl (C=O) groups is 1. The number of alkyl halides is 1. The van der Waals surface area contributed by atoms with Crippen molar-refractivity contribution in [1.29, 1.82) is 0 Å². The molecule has 88 valence electrons. The standard InChI is InChI=1S/C10H12BrNO3S/c1-6-3-8(9(13)5-11)4-10(7(6)2)16(12,14)15/h3-4H,5H2,1-2H3,(H2,12,14,15). The van der Waals surface area contributed by atoms with Crippen molar-refractivity contribution in [3.63, 3.8) is 0 Å². The summed E-state index contributed by atoms with van der Waals surface area (Å²) in [5.41, 5.74) is 1.66. The van der Waals surface area contributed by atoms with Crippen LogP contribution in [0.2, 0.25) is 0 Å². The van der Waals surface area contributed by atoms with E-state index in [0.717, 1.165) is 5.56 Å². The Labute approximate surface area is 103 Å². The third kappa shape index (κ3) is 2.69. The molecule has 0 radical (unpaired) electrons. The summed E-state index contributed by atoms with van der Waals surface area (Å²) in [5, 5.41) is 5.24. The summed E-state index contributed by atoms with van der Waals surface area (Å²) in [6.07, 6.45) is 0. The number of rotatable bonds is 3. The molecule has 0 saturated carbocycles. The molecule has 0 atom stereocenters. The number of carbonyl (C=O) groups excluding carboxylic acids is 1. The number of halogens is 1. The molecule has 0 aliphatic rings. The van der Waals surface area contributed by atoms with Crippen LogP contribution in [0.15, 0.2) is 17.0 Å². The Kier molecular flexibility index (Phi) is 3.88. The van der Waals surface area contributed by atoms with Gasteiger partial charge in [-0.15, -0.1) is 0 Å². The summed E-state index contributed by atoms with van der Waals surface area (Å²) in [5.74, 6) is -0.173. The van der Waals surface area contributed by atoms with Gasteiger partial charge in [-0.2, -0.15) is 0 Å². The second-order valence-electron chi connectivity index (χ2n) is 3.52. The zero-order valence-electron chi connectivity index (χ0n) is 8.95. The van der Waals surface area contributed by atoms with Crippen LogP contribution in [0.3, 0.4) is 0 Å². The monoisotopic (exact) mass is 305 g/mol. The van der Waals surface area contributed by atoms with Crippen molar-refractivity contribution in [2.24, 2.45) is 5.14 Å². The predicted molar refractivity (Wildman–Crippen MR) is 65.4 cm³/mol. The van der Waals surface area contributed by atoms with Gasteiger partial charge in [-0.3, -0.25) is 4.79 Å². The van der Waals surface area contributed by atoms with Gasteiger partial charge in [0.1, 0.15) is 0 Å². The van der Waals surface area contributed by atoms with Gasteiger partial charge >= 0.3 is 0 Å². The van der Waals surface area contributed by atoms with Gasteiger partial charge in [0, 0.05) is 5.56 Å². The minimum absolute atomic E-state index is 0.0109. The van der Waals surface area contributed by atoms with Gasteiger partial charge in [0.2, 0.25) is 10.0 Å². The van der Waals surface area contributed by atoms with E-state index < -0.39 is 10.0 Å². The maximum atomic E-state index is 11.5. The lowest BCUT2D eigenvalue weighted by atomic mass is 10.0. The van der Waals surface area contributed by atoms with Gasteiger partial charge in [-0.25, -0.2) is 13.6 Å². The van der Waals surface area contributed by atoms with E-state index in [2.05, 4.69) is 15.9 Å². The smallest absolute Gasteiger partial charge is 0.238 e. The number of primary sulfonamides is 1. The fraction of sp³-hybridized carbons (Fsp3) is 0.300. The van der Waals surface area contributed by atoms with Crippen molar-refractivity contribution in [3.05, 3.63) is 28.8 Å². The van der Waals surface area contributed by atoms with Gasteiger partial charge in [-0.05, 0) is 37.1 Å². The molecular formula is C10H12BrNO3S. The van der Waals surface area contributed by atoms with Crippen LogP contribution in [0.5, 0.6) is 0 Å². The van der Waals surface area contributed by atoms with Gasteiger partial charge in [-0.1, -0.05) is 15.9 Å². The SMILES string of the molecule is Cc1cc(C(=O)CBr)cc(S(N)(=O)=O)c1C. The lowest BCUT2D eigenvalue weighted by Crippen LogP contribution is -2.15. The molecule has 0 heterocycles. The number of ketones is 1. The fourth-order valence-electron chi connectivity index (χ4n) is 1.36. The molecule has 0 amide bonds. The number of aryl methyl sites for hydroxylation is 1. The first-order valence-corrected chi connectivity index (χ1v) is 7.17. The summed E-state index contributed by atoms with van der Waals surface area (Å²) in [6, 6.07) is 2.98. The molecule has 0 aliphatic heterocycles. The highest BCUT2D eigenvalue weighted by Gasteiger charge is 2.16. The van der Waals surface area contributed by atoms with Crippen molar-refractivity contribution in [3.8, 4) is 0 Å². The van der Waals surface area contributed by atoms with Crippen LogP contribution in [-0.4, -0.2) is 19.5 Å². The van der Waals surface area contributed by atoms with E-state index in [1.165, 1.54) is 6.07 Å². The highest BCUT2D eigenvalue weighted by molar-refractivity contribution is 9.09. The minimum atomic E-state index is -3.79. The van der Waals surface area contributed by atoms with E-state index >= 15 is 0 Å². The van der Waals surface area contributed by atoms with Crippen LogP contribution in [0.1, 0.15) is 21.5 Å². The highest BCUT2D eigenvalue weighted by Crippen LogP contribution is 2.20. The molecule has 0 saturated heterocycles. The Morgan fingerprint density at radius 2 is 1.94 bits per heavy atom. The summed E-state index contributed by atoms with van der Waals surface area (Å²) >= 11 is 3.04. The molecule has 0 aromatic heterocycles. The maximum Gasteiger partial charge on any atom is 0.238 e. The van der Waals surface area contributed by atoms with Crippen LogP contribution in [0.25, 0.3) is 0 Å². The van der Waals surface area contributed by atoms with Crippen molar-refractivity contribution in [2.75, 3.05) is 5.33 Å². The lowest BCUT2D eigenvalue weighted by molar-refractivity contribution is 0.102. The molecule has 16 heavy (non-hydrogen) atoms. The number of sulfonamides is 1. The maximum absolute atomic E-state index is 11.5. The van der Waals surface area contributed by atoms with E-state index in [1.807, 2.05) is 0 Å². The Bertz CT molecular complexity index is 537. The summed E-state index contributed by atoms with van der Waals surface area (Å²) in [4.78, 5) is 11.5. The molecule has 0 fully saturated rings. The van der Waals surface area contributed by atoms with Crippen molar-refractivity contribution in [2.45, 2.75) is 18.7 Å². The molecule has 1 aromatic rings. The molecule has 0 bridgehead atoms. The quantitative estimate of drug-likeness (QED) is 0.679. The van der Waals surface area contributed by atoms with Crippen LogP contribution in [0, 0.1) is 13.8 Å². The second-order valence-corrected chi connectivity index (χ2v) is 5.61. The molecule has 6 heteroatoms. The van der Waals surface area contributed by atoms with Crippen LogP contribution in [0.4, 0.5) is 0 Å². The first-order valence-electron chi connectivity index (χ1n) is 4.50. The van der Waals surface area contributed by atoms with E-state index in [1.54, 1.807) is 19.9 Å². The normalized spacial score (nSPS) is 11.5. The second kappa shape index (κ2) is 4.65. The van der Waals surface area contributed by atoms with Crippen LogP contribution >= 0.6 is 15.9 Å². The molecule has 1 rings (SSSR count). The molecule has 2 N–H and O–H groups in total. The average molecular weight is 306 g/mol. The van der Waals surface area contributed by atoms with E-state index in [-0.39, 0.29) is 16.0 Å².